The van der Waals surface area contributed by atoms with Crippen LogP contribution >= 0.6 is 11.1 Å². The van der Waals surface area contributed by atoms with Crippen molar-refractivity contribution in [2.24, 2.45) is 0 Å². The van der Waals surface area contributed by atoms with Crippen molar-refractivity contribution in [2.45, 2.75) is 41.5 Å². The molecular formula is C20H24ClN2Si. The Morgan fingerprint density at radius 2 is 0.917 bits per heavy atom. The van der Waals surface area contributed by atoms with Gasteiger partial charge in [-0.3, -0.25) is 0 Å². The first-order chi connectivity index (χ1) is 11.3. The molecule has 1 aliphatic heterocycles. The maximum atomic E-state index is 6.97. The standard InChI is InChI=1S/C20H24ClN2Si/c1-13-9-15(3)19(16(4)10-13)22-7-8-23(24(22)21)20-17(5)11-14(2)12-18(20)6/h7-12H,1-6H3. The zero-order chi connectivity index (χ0) is 17.6. The lowest BCUT2D eigenvalue weighted by molar-refractivity contribution is 1.25. The van der Waals surface area contributed by atoms with Gasteiger partial charge in [0.05, 0.1) is 0 Å². The Labute approximate surface area is 151 Å². The van der Waals surface area contributed by atoms with Gasteiger partial charge in [-0.25, -0.2) is 0 Å². The SMILES string of the molecule is Cc1cc(C)c(N2C=CN(c3c(C)cc(C)cc3C)[Si]2Cl)c(C)c1. The molecule has 0 spiro atoms. The molecule has 2 nitrogen and oxygen atoms in total. The van der Waals surface area contributed by atoms with Crippen LogP contribution in [-0.2, 0) is 0 Å². The molecule has 0 saturated heterocycles. The molecule has 0 unspecified atom stereocenters. The van der Waals surface area contributed by atoms with Crippen LogP contribution in [0.15, 0.2) is 36.7 Å². The van der Waals surface area contributed by atoms with Crippen molar-refractivity contribution in [3.63, 3.8) is 0 Å². The lowest BCUT2D eigenvalue weighted by Gasteiger charge is -2.29. The Bertz CT molecular complexity index is 715. The van der Waals surface area contributed by atoms with E-state index in [-0.39, 0.29) is 0 Å². The Morgan fingerprint density at radius 1 is 0.625 bits per heavy atom. The maximum absolute atomic E-state index is 6.97. The monoisotopic (exact) mass is 355 g/mol. The quantitative estimate of drug-likeness (QED) is 0.514. The van der Waals surface area contributed by atoms with Crippen LogP contribution in [0.25, 0.3) is 0 Å². The van der Waals surface area contributed by atoms with Gasteiger partial charge in [-0.1, -0.05) is 35.4 Å². The highest BCUT2D eigenvalue weighted by molar-refractivity contribution is 7.11. The molecule has 0 atom stereocenters. The van der Waals surface area contributed by atoms with E-state index >= 15 is 0 Å². The van der Waals surface area contributed by atoms with E-state index in [0.717, 1.165) is 0 Å². The molecule has 0 bridgehead atoms. The Hall–Kier alpha value is -1.71. The third-order valence-electron chi connectivity index (χ3n) is 4.51. The number of benzene rings is 2. The first-order valence-electron chi connectivity index (χ1n) is 8.24. The summed E-state index contributed by atoms with van der Waals surface area (Å²) in [6, 6.07) is 8.92. The van der Waals surface area contributed by atoms with Gasteiger partial charge >= 0.3 is 8.43 Å². The van der Waals surface area contributed by atoms with Gasteiger partial charge in [-0.15, -0.1) is 11.1 Å². The topological polar surface area (TPSA) is 6.48 Å². The van der Waals surface area contributed by atoms with E-state index in [9.17, 15) is 0 Å². The first kappa shape index (κ1) is 17.1. The molecule has 4 heteroatoms. The zero-order valence-corrected chi connectivity index (χ0v) is 17.0. The number of hydrogen-bond donors (Lipinski definition) is 0. The van der Waals surface area contributed by atoms with Gasteiger partial charge in [-0.2, -0.15) is 0 Å². The molecule has 1 heterocycles. The van der Waals surface area contributed by atoms with Crippen LogP contribution in [0.5, 0.6) is 0 Å². The zero-order valence-electron chi connectivity index (χ0n) is 15.2. The predicted molar refractivity (Wildman–Crippen MR) is 107 cm³/mol. The second-order valence-corrected chi connectivity index (χ2v) is 9.32. The van der Waals surface area contributed by atoms with Gasteiger partial charge in [0.1, 0.15) is 0 Å². The average Bonchev–Trinajstić information content (AvgIpc) is 2.79. The van der Waals surface area contributed by atoms with E-state index in [1.807, 2.05) is 0 Å². The summed E-state index contributed by atoms with van der Waals surface area (Å²) in [5, 5.41) is 0. The number of aryl methyl sites for hydroxylation is 6. The fourth-order valence-corrected chi connectivity index (χ4v) is 6.34. The van der Waals surface area contributed by atoms with Gasteiger partial charge in [-0.05, 0) is 63.8 Å². The molecule has 0 N–H and O–H groups in total. The van der Waals surface area contributed by atoms with E-state index in [2.05, 4.69) is 87.3 Å². The van der Waals surface area contributed by atoms with Crippen molar-refractivity contribution < 1.29 is 0 Å². The number of halogens is 1. The van der Waals surface area contributed by atoms with Crippen molar-refractivity contribution in [3.8, 4) is 0 Å². The fourth-order valence-electron chi connectivity index (χ4n) is 3.81. The van der Waals surface area contributed by atoms with Crippen LogP contribution < -0.4 is 9.13 Å². The van der Waals surface area contributed by atoms with Crippen molar-refractivity contribution in [1.82, 2.24) is 0 Å². The second-order valence-electron chi connectivity index (χ2n) is 6.80. The van der Waals surface area contributed by atoms with E-state index in [1.165, 1.54) is 44.8 Å². The van der Waals surface area contributed by atoms with Crippen LogP contribution in [0.4, 0.5) is 11.4 Å². The molecule has 0 amide bonds. The Kier molecular flexibility index (Phi) is 4.50. The largest absolute Gasteiger partial charge is 0.423 e. The molecule has 0 aliphatic carbocycles. The summed E-state index contributed by atoms with van der Waals surface area (Å²) >= 11 is 6.97. The minimum atomic E-state index is -1.42. The highest BCUT2D eigenvalue weighted by Gasteiger charge is 2.34. The van der Waals surface area contributed by atoms with Crippen molar-refractivity contribution in [2.75, 3.05) is 9.13 Å². The molecule has 3 rings (SSSR count). The molecule has 0 saturated carbocycles. The number of hydrogen-bond acceptors (Lipinski definition) is 2. The summed E-state index contributed by atoms with van der Waals surface area (Å²) in [5.74, 6) is 0. The van der Waals surface area contributed by atoms with E-state index in [4.69, 9.17) is 11.1 Å². The van der Waals surface area contributed by atoms with Crippen LogP contribution in [0.1, 0.15) is 33.4 Å². The first-order valence-corrected chi connectivity index (χ1v) is 10.6. The van der Waals surface area contributed by atoms with E-state index in [1.54, 1.807) is 0 Å². The van der Waals surface area contributed by atoms with Gasteiger partial charge < -0.3 is 9.13 Å². The molecule has 125 valence electrons. The summed E-state index contributed by atoms with van der Waals surface area (Å²) in [5.41, 5.74) is 10.2. The lowest BCUT2D eigenvalue weighted by Crippen LogP contribution is -2.40. The molecule has 1 radical (unpaired) electrons. The van der Waals surface area contributed by atoms with Crippen LogP contribution in [0, 0.1) is 41.5 Å². The number of rotatable bonds is 2. The highest BCUT2D eigenvalue weighted by atomic mass is 35.6. The van der Waals surface area contributed by atoms with Gasteiger partial charge in [0.25, 0.3) is 0 Å². The number of anilines is 2. The molecular weight excluding hydrogens is 332 g/mol. The third-order valence-corrected chi connectivity index (χ3v) is 7.15. The van der Waals surface area contributed by atoms with Crippen LogP contribution in [-0.4, -0.2) is 8.43 Å². The number of nitrogens with zero attached hydrogens (tertiary/aromatic N) is 2. The van der Waals surface area contributed by atoms with Crippen molar-refractivity contribution >= 4 is 30.9 Å². The van der Waals surface area contributed by atoms with E-state index < -0.39 is 8.43 Å². The molecule has 2 aromatic carbocycles. The molecule has 2 aromatic rings. The molecule has 24 heavy (non-hydrogen) atoms. The Morgan fingerprint density at radius 3 is 1.21 bits per heavy atom. The lowest BCUT2D eigenvalue weighted by atomic mass is 10.1. The molecule has 1 aliphatic rings. The van der Waals surface area contributed by atoms with Gasteiger partial charge in [0.2, 0.25) is 0 Å². The summed E-state index contributed by atoms with van der Waals surface area (Å²) in [4.78, 5) is 0. The normalized spacial score (nSPS) is 14.8. The minimum Gasteiger partial charge on any atom is -0.342 e. The third kappa shape index (κ3) is 2.87. The maximum Gasteiger partial charge on any atom is 0.423 e. The predicted octanol–water partition coefficient (Wildman–Crippen LogP) is 5.56. The van der Waals surface area contributed by atoms with Gasteiger partial charge in [0.15, 0.2) is 0 Å². The van der Waals surface area contributed by atoms with E-state index in [0.29, 0.717) is 0 Å². The minimum absolute atomic E-state index is 1.24. The van der Waals surface area contributed by atoms with Crippen molar-refractivity contribution in [3.05, 3.63) is 70.0 Å². The molecule has 0 aromatic heterocycles. The smallest absolute Gasteiger partial charge is 0.342 e. The average molecular weight is 356 g/mol. The summed E-state index contributed by atoms with van der Waals surface area (Å²) < 4.78 is 4.52. The second kappa shape index (κ2) is 6.30. The molecule has 0 fully saturated rings. The highest BCUT2D eigenvalue weighted by Crippen LogP contribution is 2.36. The fraction of sp³-hybridized carbons (Fsp3) is 0.300. The van der Waals surface area contributed by atoms with Crippen molar-refractivity contribution in [1.29, 1.82) is 0 Å². The van der Waals surface area contributed by atoms with Crippen LogP contribution in [0.2, 0.25) is 0 Å². The Balaban J connectivity index is 2.01. The summed E-state index contributed by atoms with van der Waals surface area (Å²) in [7, 11) is -1.42. The van der Waals surface area contributed by atoms with Gasteiger partial charge in [0, 0.05) is 23.8 Å². The summed E-state index contributed by atoms with van der Waals surface area (Å²) in [6.45, 7) is 12.9. The summed E-state index contributed by atoms with van der Waals surface area (Å²) in [6.07, 6.45) is 4.26. The van der Waals surface area contributed by atoms with Crippen LogP contribution in [0.3, 0.4) is 0 Å².